The average Bonchev–Trinajstić information content (AvgIpc) is 2.01. The first-order chi connectivity index (χ1) is 5.35. The van der Waals surface area contributed by atoms with Crippen LogP contribution >= 0.6 is 0 Å². The van der Waals surface area contributed by atoms with Gasteiger partial charge in [-0.25, -0.2) is 0 Å². The van der Waals surface area contributed by atoms with Crippen molar-refractivity contribution in [3.8, 4) is 0 Å². The lowest BCUT2D eigenvalue weighted by atomic mass is 10.3. The molecule has 0 aliphatic carbocycles. The predicted molar refractivity (Wildman–Crippen MR) is 50.4 cm³/mol. The summed E-state index contributed by atoms with van der Waals surface area (Å²) in [5.41, 5.74) is 0. The molecule has 0 fully saturated rings. The van der Waals surface area contributed by atoms with E-state index in [1.165, 1.54) is 32.1 Å². The van der Waals surface area contributed by atoms with Crippen molar-refractivity contribution in [3.05, 3.63) is 0 Å². The third kappa shape index (κ3) is 6.05. The van der Waals surface area contributed by atoms with E-state index in [1.807, 2.05) is 0 Å². The second-order valence-electron chi connectivity index (χ2n) is 2.83. The smallest absolute Gasteiger partial charge is 0.00307 e. The van der Waals surface area contributed by atoms with Crippen LogP contribution < -0.4 is 0 Å². The van der Waals surface area contributed by atoms with Crippen molar-refractivity contribution in [2.45, 2.75) is 33.1 Å². The fourth-order valence-corrected chi connectivity index (χ4v) is 1.21. The summed E-state index contributed by atoms with van der Waals surface area (Å²) in [4.78, 5) is 2.42. The monoisotopic (exact) mass is 156 g/mol. The number of hydrogen-bond donors (Lipinski definition) is 1. The van der Waals surface area contributed by atoms with Crippen LogP contribution in [0.25, 0.3) is 0 Å². The molecule has 0 aromatic rings. The van der Waals surface area contributed by atoms with Gasteiger partial charge in [0.05, 0.1) is 0 Å². The van der Waals surface area contributed by atoms with Crippen LogP contribution in [-0.4, -0.2) is 30.7 Å². The van der Waals surface area contributed by atoms with Gasteiger partial charge in [-0.2, -0.15) is 0 Å². The summed E-state index contributed by atoms with van der Waals surface area (Å²) in [6.45, 7) is 7.83. The Morgan fingerprint density at radius 1 is 1.09 bits per heavy atom. The van der Waals surface area contributed by atoms with E-state index in [-0.39, 0.29) is 0 Å². The number of nitrogens with one attached hydrogen (secondary N) is 1. The highest BCUT2D eigenvalue weighted by atomic mass is 15.1. The van der Waals surface area contributed by atoms with E-state index in [4.69, 9.17) is 5.41 Å². The van der Waals surface area contributed by atoms with Crippen molar-refractivity contribution in [2.75, 3.05) is 19.6 Å². The third-order valence-corrected chi connectivity index (χ3v) is 1.67. The van der Waals surface area contributed by atoms with Crippen LogP contribution in [0.1, 0.15) is 33.1 Å². The maximum Gasteiger partial charge on any atom is 0.00307 e. The van der Waals surface area contributed by atoms with E-state index in [9.17, 15) is 0 Å². The van der Waals surface area contributed by atoms with E-state index in [0.29, 0.717) is 0 Å². The van der Waals surface area contributed by atoms with Crippen LogP contribution in [0.3, 0.4) is 0 Å². The maximum absolute atomic E-state index is 6.91. The molecular formula is C9H20N2. The number of rotatable bonds is 7. The quantitative estimate of drug-likeness (QED) is 0.562. The molecule has 0 aliphatic heterocycles. The van der Waals surface area contributed by atoms with Crippen molar-refractivity contribution >= 4 is 6.21 Å². The van der Waals surface area contributed by atoms with Crippen molar-refractivity contribution in [3.63, 3.8) is 0 Å². The normalized spacial score (nSPS) is 10.5. The van der Waals surface area contributed by atoms with Crippen LogP contribution in [-0.2, 0) is 0 Å². The van der Waals surface area contributed by atoms with Gasteiger partial charge in [0.2, 0.25) is 0 Å². The molecule has 0 spiro atoms. The molecule has 0 aliphatic rings. The lowest BCUT2D eigenvalue weighted by Crippen LogP contribution is -2.26. The van der Waals surface area contributed by atoms with Crippen molar-refractivity contribution < 1.29 is 0 Å². The molecule has 66 valence electrons. The topological polar surface area (TPSA) is 27.1 Å². The second-order valence-corrected chi connectivity index (χ2v) is 2.83. The highest BCUT2D eigenvalue weighted by Crippen LogP contribution is 1.94. The van der Waals surface area contributed by atoms with Gasteiger partial charge in [-0.05, 0) is 38.6 Å². The van der Waals surface area contributed by atoms with E-state index < -0.39 is 0 Å². The van der Waals surface area contributed by atoms with Crippen molar-refractivity contribution in [1.29, 1.82) is 5.41 Å². The van der Waals surface area contributed by atoms with E-state index in [2.05, 4.69) is 18.7 Å². The molecule has 0 radical (unpaired) electrons. The summed E-state index contributed by atoms with van der Waals surface area (Å²) >= 11 is 0. The lowest BCUT2D eigenvalue weighted by Gasteiger charge is -2.19. The fraction of sp³-hybridized carbons (Fsp3) is 0.889. The fourth-order valence-electron chi connectivity index (χ4n) is 1.21. The van der Waals surface area contributed by atoms with Gasteiger partial charge in [-0.3, -0.25) is 0 Å². The minimum Gasteiger partial charge on any atom is -0.313 e. The van der Waals surface area contributed by atoms with Crippen molar-refractivity contribution in [2.24, 2.45) is 0 Å². The molecule has 0 amide bonds. The summed E-state index contributed by atoms with van der Waals surface area (Å²) in [7, 11) is 0. The largest absolute Gasteiger partial charge is 0.313 e. The molecule has 0 aromatic heterocycles. The Balaban J connectivity index is 3.41. The molecule has 0 atom stereocenters. The molecule has 2 nitrogen and oxygen atoms in total. The Kier molecular flexibility index (Phi) is 7.47. The highest BCUT2D eigenvalue weighted by Gasteiger charge is 1.99. The van der Waals surface area contributed by atoms with Gasteiger partial charge >= 0.3 is 0 Å². The van der Waals surface area contributed by atoms with Gasteiger partial charge in [0.1, 0.15) is 0 Å². The Bertz CT molecular complexity index is 85.6. The minimum atomic E-state index is 0.903. The zero-order chi connectivity index (χ0) is 8.53. The van der Waals surface area contributed by atoms with Crippen LogP contribution in [0, 0.1) is 5.41 Å². The molecule has 0 saturated carbocycles. The molecule has 2 heteroatoms. The Morgan fingerprint density at radius 2 is 1.64 bits per heavy atom. The van der Waals surface area contributed by atoms with Gasteiger partial charge in [0.15, 0.2) is 0 Å². The highest BCUT2D eigenvalue weighted by molar-refractivity contribution is 5.52. The molecule has 1 N–H and O–H groups in total. The zero-order valence-corrected chi connectivity index (χ0v) is 7.77. The Labute approximate surface area is 70.1 Å². The second kappa shape index (κ2) is 7.73. The molecule has 11 heavy (non-hydrogen) atoms. The number of hydrogen-bond acceptors (Lipinski definition) is 2. The van der Waals surface area contributed by atoms with E-state index >= 15 is 0 Å². The summed E-state index contributed by atoms with van der Waals surface area (Å²) < 4.78 is 0. The molecule has 0 unspecified atom stereocenters. The standard InChI is InChI=1S/C9H20N2/c1-3-7-11(8-4-2)9-5-6-10/h6,10H,3-5,7-9H2,1-2H3. The van der Waals surface area contributed by atoms with E-state index in [0.717, 1.165) is 13.0 Å². The SMILES string of the molecule is CCCN(CCC)CCC=N. The first-order valence-corrected chi connectivity index (χ1v) is 4.56. The van der Waals surface area contributed by atoms with E-state index in [1.54, 1.807) is 0 Å². The van der Waals surface area contributed by atoms with Gasteiger partial charge < -0.3 is 10.3 Å². The zero-order valence-electron chi connectivity index (χ0n) is 7.77. The average molecular weight is 156 g/mol. The predicted octanol–water partition coefficient (Wildman–Crippen LogP) is 2.15. The molecular weight excluding hydrogens is 136 g/mol. The van der Waals surface area contributed by atoms with Crippen molar-refractivity contribution in [1.82, 2.24) is 4.90 Å². The maximum atomic E-state index is 6.91. The molecule has 0 rings (SSSR count). The summed E-state index contributed by atoms with van der Waals surface area (Å²) in [5, 5.41) is 6.91. The number of nitrogens with zero attached hydrogens (tertiary/aromatic N) is 1. The molecule has 0 saturated heterocycles. The first-order valence-electron chi connectivity index (χ1n) is 4.56. The molecule has 0 bridgehead atoms. The van der Waals surface area contributed by atoms with Gasteiger partial charge in [0, 0.05) is 6.54 Å². The lowest BCUT2D eigenvalue weighted by molar-refractivity contribution is 0.283. The summed E-state index contributed by atoms with van der Waals surface area (Å²) in [6.07, 6.45) is 4.84. The molecule has 0 aromatic carbocycles. The summed E-state index contributed by atoms with van der Waals surface area (Å²) in [6, 6.07) is 0. The first kappa shape index (κ1) is 10.6. The van der Waals surface area contributed by atoms with Crippen LogP contribution in [0.5, 0.6) is 0 Å². The Hall–Kier alpha value is -0.370. The van der Waals surface area contributed by atoms with Gasteiger partial charge in [-0.15, -0.1) is 0 Å². The third-order valence-electron chi connectivity index (χ3n) is 1.67. The van der Waals surface area contributed by atoms with Crippen LogP contribution in [0.2, 0.25) is 0 Å². The van der Waals surface area contributed by atoms with Crippen LogP contribution in [0.15, 0.2) is 0 Å². The summed E-state index contributed by atoms with van der Waals surface area (Å²) in [5.74, 6) is 0. The van der Waals surface area contributed by atoms with Gasteiger partial charge in [-0.1, -0.05) is 13.8 Å². The molecule has 0 heterocycles. The minimum absolute atomic E-state index is 0.903. The Morgan fingerprint density at radius 3 is 2.00 bits per heavy atom. The van der Waals surface area contributed by atoms with Gasteiger partial charge in [0.25, 0.3) is 0 Å². The van der Waals surface area contributed by atoms with Crippen LogP contribution in [0.4, 0.5) is 0 Å².